The monoisotopic (exact) mass is 238 g/mol. The summed E-state index contributed by atoms with van der Waals surface area (Å²) in [6, 6.07) is 0.245. The van der Waals surface area contributed by atoms with Crippen molar-refractivity contribution in [2.75, 3.05) is 24.5 Å². The van der Waals surface area contributed by atoms with Gasteiger partial charge >= 0.3 is 0 Å². The van der Waals surface area contributed by atoms with Gasteiger partial charge in [-0.2, -0.15) is 4.98 Å². The van der Waals surface area contributed by atoms with Gasteiger partial charge < -0.3 is 14.7 Å². The van der Waals surface area contributed by atoms with E-state index >= 15 is 0 Å². The highest BCUT2D eigenvalue weighted by molar-refractivity contribution is 5.27. The minimum absolute atomic E-state index is 0.245. The Balaban J connectivity index is 2.05. The molecule has 1 aromatic rings. The fourth-order valence-electron chi connectivity index (χ4n) is 2.24. The number of nitrogens with one attached hydrogen (secondary N) is 1. The largest absolute Gasteiger partial charge is 0.339 e. The van der Waals surface area contributed by atoms with E-state index in [0.29, 0.717) is 0 Å². The predicted octanol–water partition coefficient (Wildman–Crippen LogP) is 2.12. The third-order valence-corrected chi connectivity index (χ3v) is 3.34. The molecule has 0 aliphatic carbocycles. The molecule has 0 spiro atoms. The van der Waals surface area contributed by atoms with Crippen molar-refractivity contribution in [1.82, 2.24) is 15.5 Å². The first kappa shape index (κ1) is 12.4. The Morgan fingerprint density at radius 3 is 2.88 bits per heavy atom. The first-order valence-electron chi connectivity index (χ1n) is 6.67. The number of hydrogen-bond acceptors (Lipinski definition) is 5. The molecule has 2 rings (SSSR count). The van der Waals surface area contributed by atoms with E-state index in [0.717, 1.165) is 37.9 Å². The summed E-state index contributed by atoms with van der Waals surface area (Å²) in [5.74, 6) is 1.46. The highest BCUT2D eigenvalue weighted by Crippen LogP contribution is 2.22. The lowest BCUT2D eigenvalue weighted by Gasteiger charge is -2.14. The molecule has 0 saturated carbocycles. The average Bonchev–Trinajstić information content (AvgIpc) is 2.67. The van der Waals surface area contributed by atoms with E-state index in [1.165, 1.54) is 19.3 Å². The number of nitrogens with zero attached hydrogens (tertiary/aromatic N) is 3. The second-order valence-corrected chi connectivity index (χ2v) is 4.46. The van der Waals surface area contributed by atoms with Crippen LogP contribution >= 0.6 is 0 Å². The molecule has 1 saturated heterocycles. The molecule has 0 bridgehead atoms. The molecular weight excluding hydrogens is 216 g/mol. The molecule has 0 radical (unpaired) electrons. The highest BCUT2D eigenvalue weighted by atomic mass is 16.5. The van der Waals surface area contributed by atoms with Gasteiger partial charge in [0, 0.05) is 13.1 Å². The first-order valence-corrected chi connectivity index (χ1v) is 6.67. The summed E-state index contributed by atoms with van der Waals surface area (Å²) in [5.41, 5.74) is 0. The summed E-state index contributed by atoms with van der Waals surface area (Å²) < 4.78 is 5.38. The molecule has 96 valence electrons. The average molecular weight is 238 g/mol. The van der Waals surface area contributed by atoms with Crippen LogP contribution in [0.25, 0.3) is 0 Å². The maximum Gasteiger partial charge on any atom is 0.266 e. The number of hydrogen-bond donors (Lipinski definition) is 1. The molecule has 2 heterocycles. The zero-order chi connectivity index (χ0) is 12.1. The standard InChI is InChI=1S/C12H22N4O/c1-3-16(4-2)12-14-11(17-15-12)10-8-6-5-7-9-13-10/h10,13H,3-9H2,1-2H3. The van der Waals surface area contributed by atoms with Gasteiger partial charge in [-0.15, -0.1) is 0 Å². The fraction of sp³-hybridized carbons (Fsp3) is 0.833. The van der Waals surface area contributed by atoms with E-state index in [2.05, 4.69) is 34.2 Å². The summed E-state index contributed by atoms with van der Waals surface area (Å²) in [7, 11) is 0. The Kier molecular flexibility index (Phi) is 4.36. The van der Waals surface area contributed by atoms with Crippen LogP contribution in [-0.2, 0) is 0 Å². The number of rotatable bonds is 4. The van der Waals surface area contributed by atoms with Crippen molar-refractivity contribution < 1.29 is 4.52 Å². The van der Waals surface area contributed by atoms with Crippen LogP contribution < -0.4 is 10.2 Å². The van der Waals surface area contributed by atoms with Gasteiger partial charge in [-0.1, -0.05) is 12.8 Å². The van der Waals surface area contributed by atoms with Crippen LogP contribution in [0, 0.1) is 0 Å². The van der Waals surface area contributed by atoms with E-state index in [1.54, 1.807) is 0 Å². The lowest BCUT2D eigenvalue weighted by molar-refractivity contribution is 0.327. The van der Waals surface area contributed by atoms with Crippen LogP contribution in [-0.4, -0.2) is 29.8 Å². The number of aromatic nitrogens is 2. The minimum Gasteiger partial charge on any atom is -0.339 e. The van der Waals surface area contributed by atoms with Crippen molar-refractivity contribution in [2.45, 2.75) is 45.6 Å². The van der Waals surface area contributed by atoms with Crippen LogP contribution in [0.3, 0.4) is 0 Å². The summed E-state index contributed by atoms with van der Waals surface area (Å²) in [4.78, 5) is 6.60. The van der Waals surface area contributed by atoms with E-state index in [9.17, 15) is 0 Å². The van der Waals surface area contributed by atoms with Crippen molar-refractivity contribution in [3.63, 3.8) is 0 Å². The third-order valence-electron chi connectivity index (χ3n) is 3.34. The Bertz CT molecular complexity index is 327. The molecule has 1 aliphatic heterocycles. The quantitative estimate of drug-likeness (QED) is 0.870. The lowest BCUT2D eigenvalue weighted by atomic mass is 10.1. The topological polar surface area (TPSA) is 54.2 Å². The molecule has 5 heteroatoms. The number of anilines is 1. The van der Waals surface area contributed by atoms with Crippen LogP contribution in [0.4, 0.5) is 5.95 Å². The van der Waals surface area contributed by atoms with Crippen molar-refractivity contribution in [3.8, 4) is 0 Å². The van der Waals surface area contributed by atoms with Gasteiger partial charge in [0.1, 0.15) is 0 Å². The zero-order valence-electron chi connectivity index (χ0n) is 10.8. The van der Waals surface area contributed by atoms with Crippen LogP contribution in [0.15, 0.2) is 4.52 Å². The molecule has 1 fully saturated rings. The SMILES string of the molecule is CCN(CC)c1noc(C2CCCCCN2)n1. The van der Waals surface area contributed by atoms with Crippen LogP contribution in [0.2, 0.25) is 0 Å². The molecule has 17 heavy (non-hydrogen) atoms. The molecule has 1 N–H and O–H groups in total. The van der Waals surface area contributed by atoms with Crippen molar-refractivity contribution in [3.05, 3.63) is 5.89 Å². The molecular formula is C12H22N4O. The Morgan fingerprint density at radius 2 is 2.12 bits per heavy atom. The Labute approximate surface area is 103 Å². The van der Waals surface area contributed by atoms with Gasteiger partial charge in [-0.3, -0.25) is 0 Å². The molecule has 1 aromatic heterocycles. The van der Waals surface area contributed by atoms with Gasteiger partial charge in [0.15, 0.2) is 0 Å². The van der Waals surface area contributed by atoms with E-state index in [1.807, 2.05) is 0 Å². The van der Waals surface area contributed by atoms with Crippen LogP contribution in [0.5, 0.6) is 0 Å². The van der Waals surface area contributed by atoms with E-state index in [4.69, 9.17) is 4.52 Å². The van der Waals surface area contributed by atoms with Gasteiger partial charge in [0.2, 0.25) is 5.89 Å². The van der Waals surface area contributed by atoms with Crippen molar-refractivity contribution >= 4 is 5.95 Å². The maximum absolute atomic E-state index is 5.38. The van der Waals surface area contributed by atoms with Crippen molar-refractivity contribution in [2.24, 2.45) is 0 Å². The van der Waals surface area contributed by atoms with E-state index < -0.39 is 0 Å². The lowest BCUT2D eigenvalue weighted by Crippen LogP contribution is -2.24. The molecule has 1 atom stereocenters. The van der Waals surface area contributed by atoms with Gasteiger partial charge in [-0.25, -0.2) is 0 Å². The Hall–Kier alpha value is -1.10. The third kappa shape index (κ3) is 2.97. The molecule has 1 aliphatic rings. The second kappa shape index (κ2) is 6.00. The first-order chi connectivity index (χ1) is 8.35. The fourth-order valence-corrected chi connectivity index (χ4v) is 2.24. The molecule has 0 aromatic carbocycles. The van der Waals surface area contributed by atoms with E-state index in [-0.39, 0.29) is 6.04 Å². The summed E-state index contributed by atoms with van der Waals surface area (Å²) in [5, 5.41) is 7.54. The second-order valence-electron chi connectivity index (χ2n) is 4.46. The molecule has 0 amide bonds. The smallest absolute Gasteiger partial charge is 0.266 e. The van der Waals surface area contributed by atoms with Crippen LogP contribution in [0.1, 0.15) is 51.5 Å². The minimum atomic E-state index is 0.245. The summed E-state index contributed by atoms with van der Waals surface area (Å²) in [6.07, 6.45) is 4.87. The normalized spacial score (nSPS) is 21.2. The molecule has 5 nitrogen and oxygen atoms in total. The van der Waals surface area contributed by atoms with Gasteiger partial charge in [-0.05, 0) is 38.4 Å². The van der Waals surface area contributed by atoms with Gasteiger partial charge in [0.25, 0.3) is 5.95 Å². The Morgan fingerprint density at radius 1 is 1.29 bits per heavy atom. The summed E-state index contributed by atoms with van der Waals surface area (Å²) in [6.45, 7) is 7.07. The molecule has 1 unspecified atom stereocenters. The maximum atomic E-state index is 5.38. The predicted molar refractivity (Wildman–Crippen MR) is 67.1 cm³/mol. The van der Waals surface area contributed by atoms with Crippen molar-refractivity contribution in [1.29, 1.82) is 0 Å². The highest BCUT2D eigenvalue weighted by Gasteiger charge is 2.21. The zero-order valence-corrected chi connectivity index (χ0v) is 10.8. The summed E-state index contributed by atoms with van der Waals surface area (Å²) >= 11 is 0. The van der Waals surface area contributed by atoms with Gasteiger partial charge in [0.05, 0.1) is 6.04 Å².